The van der Waals surface area contributed by atoms with E-state index in [4.69, 9.17) is 4.74 Å². The summed E-state index contributed by atoms with van der Waals surface area (Å²) in [6, 6.07) is 12.4. The van der Waals surface area contributed by atoms with Crippen LogP contribution in [0.4, 0.5) is 0 Å². The molecule has 11 heteroatoms. The zero-order valence-corrected chi connectivity index (χ0v) is 28.6. The molecule has 2 aromatic carbocycles. The Morgan fingerprint density at radius 2 is 1.70 bits per heavy atom. The van der Waals surface area contributed by atoms with Crippen LogP contribution in [-0.4, -0.2) is 92.3 Å². The van der Waals surface area contributed by atoms with Gasteiger partial charge in [0.2, 0.25) is 5.91 Å². The minimum absolute atomic E-state index is 0.0741. The number of ether oxygens (including phenoxy) is 1. The quantitative estimate of drug-likeness (QED) is 0.412. The summed E-state index contributed by atoms with van der Waals surface area (Å²) in [6.45, 7) is 2.34. The zero-order chi connectivity index (χ0) is 32.8. The zero-order valence-electron chi connectivity index (χ0n) is 27.8. The fourth-order valence-corrected chi connectivity index (χ4v) is 9.93. The van der Waals surface area contributed by atoms with Gasteiger partial charge in [0.25, 0.3) is 5.91 Å². The molecule has 8 rings (SSSR count). The van der Waals surface area contributed by atoms with Gasteiger partial charge in [0.05, 0.1) is 18.2 Å². The summed E-state index contributed by atoms with van der Waals surface area (Å²) in [5.74, 6) is 0.822. The van der Waals surface area contributed by atoms with Crippen molar-refractivity contribution in [3.63, 3.8) is 0 Å². The van der Waals surface area contributed by atoms with E-state index in [0.29, 0.717) is 12.5 Å². The molecule has 3 aromatic rings. The van der Waals surface area contributed by atoms with Crippen molar-refractivity contribution in [2.45, 2.75) is 81.8 Å². The van der Waals surface area contributed by atoms with Crippen LogP contribution >= 0.6 is 0 Å². The summed E-state index contributed by atoms with van der Waals surface area (Å²) < 4.78 is 36.4. The lowest BCUT2D eigenvalue weighted by molar-refractivity contribution is -0.143. The molecule has 1 aromatic heterocycles. The van der Waals surface area contributed by atoms with Crippen LogP contribution in [0.3, 0.4) is 0 Å². The van der Waals surface area contributed by atoms with E-state index in [1.807, 2.05) is 18.2 Å². The summed E-state index contributed by atoms with van der Waals surface area (Å²) in [5.41, 5.74) is 5.33. The van der Waals surface area contributed by atoms with Crippen molar-refractivity contribution in [1.82, 2.24) is 23.4 Å². The van der Waals surface area contributed by atoms with Crippen LogP contribution in [0, 0.1) is 5.41 Å². The number of likely N-dealkylation sites (tertiary alicyclic amines) is 1. The molecule has 2 aliphatic carbocycles. The van der Waals surface area contributed by atoms with E-state index < -0.39 is 21.5 Å². The Morgan fingerprint density at radius 1 is 0.979 bits per heavy atom. The molecule has 2 amide bonds. The predicted molar refractivity (Wildman–Crippen MR) is 181 cm³/mol. The molecule has 0 spiro atoms. The molecule has 2 bridgehead atoms. The highest BCUT2D eigenvalue weighted by atomic mass is 32.2. The third-order valence-electron chi connectivity index (χ3n) is 11.8. The minimum Gasteiger partial charge on any atom is -0.497 e. The Kier molecular flexibility index (Phi) is 7.27. The van der Waals surface area contributed by atoms with Crippen molar-refractivity contribution in [1.29, 1.82) is 0 Å². The summed E-state index contributed by atoms with van der Waals surface area (Å²) >= 11 is 0. The Hall–Kier alpha value is -3.41. The number of hydrogen-bond donors (Lipinski definition) is 1. The predicted octanol–water partition coefficient (Wildman–Crippen LogP) is 4.69. The SMILES string of the molecule is COc1ccc2c(c1)[C@@H]1CC1(C(=O)N1C3CCC1CN(C)C3)Cn1c-2c(C2CCCCC2)c2ccc(C(=O)NS(=O)(=O)N(C)C)cc21. The molecule has 4 atom stereocenters. The van der Waals surface area contributed by atoms with E-state index in [0.717, 1.165) is 77.4 Å². The number of likely N-dealkylation sites (N-methyl/N-ethyl adjacent to an activating group) is 1. The number of amides is 2. The van der Waals surface area contributed by atoms with Gasteiger partial charge in [-0.3, -0.25) is 9.59 Å². The average Bonchev–Trinajstić information content (AvgIpc) is 3.64. The van der Waals surface area contributed by atoms with Gasteiger partial charge in [0, 0.05) is 73.8 Å². The van der Waals surface area contributed by atoms with Crippen LogP contribution in [-0.2, 0) is 21.5 Å². The van der Waals surface area contributed by atoms with Crippen LogP contribution in [0.15, 0.2) is 36.4 Å². The van der Waals surface area contributed by atoms with Crippen molar-refractivity contribution >= 4 is 32.9 Å². The Bertz CT molecular complexity index is 1880. The monoisotopic (exact) mass is 659 g/mol. The first kappa shape index (κ1) is 30.9. The number of carbonyl (C=O) groups excluding carboxylic acids is 2. The van der Waals surface area contributed by atoms with Gasteiger partial charge in [-0.2, -0.15) is 12.7 Å². The van der Waals surface area contributed by atoms with Crippen LogP contribution in [0.5, 0.6) is 5.75 Å². The second-order valence-electron chi connectivity index (χ2n) is 14.8. The number of carbonyl (C=O) groups is 2. The van der Waals surface area contributed by atoms with Gasteiger partial charge < -0.3 is 19.1 Å². The van der Waals surface area contributed by atoms with E-state index in [-0.39, 0.29) is 29.5 Å². The maximum Gasteiger partial charge on any atom is 0.303 e. The molecular formula is C36H45N5O5S. The molecule has 2 saturated carbocycles. The van der Waals surface area contributed by atoms with Crippen molar-refractivity contribution < 1.29 is 22.7 Å². The topological polar surface area (TPSA) is 104 Å². The molecular weight excluding hydrogens is 614 g/mol. The third-order valence-corrected chi connectivity index (χ3v) is 13.2. The van der Waals surface area contributed by atoms with Crippen molar-refractivity contribution in [2.75, 3.05) is 41.3 Å². The molecule has 0 radical (unpaired) electrons. The smallest absolute Gasteiger partial charge is 0.303 e. The van der Waals surface area contributed by atoms with Gasteiger partial charge in [-0.05, 0) is 86.5 Å². The van der Waals surface area contributed by atoms with E-state index in [1.54, 1.807) is 13.2 Å². The normalized spacial score (nSPS) is 27.3. The lowest BCUT2D eigenvalue weighted by atomic mass is 9.81. The summed E-state index contributed by atoms with van der Waals surface area (Å²) in [4.78, 5) is 33.0. The maximum absolute atomic E-state index is 15.0. The average molecular weight is 660 g/mol. The fourth-order valence-electron chi connectivity index (χ4n) is 9.39. The number of aromatic nitrogens is 1. The number of methoxy groups -OCH3 is 1. The largest absolute Gasteiger partial charge is 0.497 e. The number of rotatable bonds is 6. The highest BCUT2D eigenvalue weighted by Gasteiger charge is 2.65. The molecule has 47 heavy (non-hydrogen) atoms. The van der Waals surface area contributed by atoms with Crippen molar-refractivity contribution in [3.8, 4) is 17.0 Å². The van der Waals surface area contributed by atoms with Crippen LogP contribution in [0.25, 0.3) is 22.2 Å². The molecule has 1 N–H and O–H groups in total. The molecule has 4 heterocycles. The summed E-state index contributed by atoms with van der Waals surface area (Å²) in [7, 11) is 2.67. The summed E-state index contributed by atoms with van der Waals surface area (Å²) in [5, 5.41) is 1.09. The van der Waals surface area contributed by atoms with Gasteiger partial charge in [0.1, 0.15) is 5.75 Å². The van der Waals surface area contributed by atoms with Crippen molar-refractivity contribution in [3.05, 3.63) is 53.1 Å². The third kappa shape index (κ3) is 4.83. The lowest BCUT2D eigenvalue weighted by Crippen LogP contribution is -2.57. The van der Waals surface area contributed by atoms with Gasteiger partial charge in [-0.15, -0.1) is 0 Å². The van der Waals surface area contributed by atoms with E-state index in [2.05, 4.69) is 38.3 Å². The standard InChI is InChI=1S/C36H45N5O5S/c1-38(2)47(44,45)37-34(42)23-10-14-28-31(16-23)40-21-36(35(43)41-24-11-12-25(41)20-39(3)19-24)18-30(36)29-17-26(46-4)13-15-27(29)33(40)32(28)22-8-6-5-7-9-22/h10,13-17,22,24-25,30H,5-9,11-12,18-21H2,1-4H3,(H,37,42)/t24?,25?,30-,36?/m0/s1. The molecule has 4 fully saturated rings. The molecule has 10 nitrogen and oxygen atoms in total. The minimum atomic E-state index is -3.96. The van der Waals surface area contributed by atoms with Crippen LogP contribution in [0.1, 0.15) is 84.7 Å². The number of nitrogens with one attached hydrogen (secondary N) is 1. The molecule has 5 aliphatic rings. The molecule has 250 valence electrons. The summed E-state index contributed by atoms with van der Waals surface area (Å²) in [6.07, 6.45) is 8.64. The van der Waals surface area contributed by atoms with E-state index >= 15 is 0 Å². The van der Waals surface area contributed by atoms with Gasteiger partial charge in [-0.25, -0.2) is 4.72 Å². The number of piperazine rings is 1. The molecule has 2 saturated heterocycles. The number of benzene rings is 2. The number of nitrogens with zero attached hydrogens (tertiary/aromatic N) is 4. The maximum atomic E-state index is 15.0. The second-order valence-corrected chi connectivity index (χ2v) is 16.7. The van der Waals surface area contributed by atoms with E-state index in [1.165, 1.54) is 44.5 Å². The van der Waals surface area contributed by atoms with Crippen molar-refractivity contribution in [2.24, 2.45) is 5.41 Å². The number of fused-ring (bicyclic) bond motifs is 9. The van der Waals surface area contributed by atoms with Gasteiger partial charge >= 0.3 is 10.2 Å². The Labute approximate surface area is 277 Å². The molecule has 3 aliphatic heterocycles. The second kappa shape index (κ2) is 11.1. The van der Waals surface area contributed by atoms with E-state index in [9.17, 15) is 18.0 Å². The Morgan fingerprint density at radius 3 is 2.38 bits per heavy atom. The van der Waals surface area contributed by atoms with Crippen LogP contribution in [0.2, 0.25) is 0 Å². The first-order valence-electron chi connectivity index (χ1n) is 17.1. The first-order chi connectivity index (χ1) is 22.5. The highest BCUT2D eigenvalue weighted by molar-refractivity contribution is 7.87. The first-order valence-corrected chi connectivity index (χ1v) is 18.6. The van der Waals surface area contributed by atoms with Gasteiger partial charge in [-0.1, -0.05) is 25.3 Å². The molecule has 3 unspecified atom stereocenters. The highest BCUT2D eigenvalue weighted by Crippen LogP contribution is 2.66. The Balaban J connectivity index is 1.32. The lowest BCUT2D eigenvalue weighted by Gasteiger charge is -2.41. The van der Waals surface area contributed by atoms with Crippen LogP contribution < -0.4 is 9.46 Å². The van der Waals surface area contributed by atoms with Gasteiger partial charge in [0.15, 0.2) is 0 Å². The number of hydrogen-bond acceptors (Lipinski definition) is 6. The fraction of sp³-hybridized carbons (Fsp3) is 0.556.